The third-order valence-electron chi connectivity index (χ3n) is 2.07. The molecule has 1 aromatic carbocycles. The van der Waals surface area contributed by atoms with Crippen LogP contribution < -0.4 is 4.74 Å². The Morgan fingerprint density at radius 2 is 2.00 bits per heavy atom. The van der Waals surface area contributed by atoms with E-state index in [9.17, 15) is 9.18 Å². The number of nitrogens with zero attached hydrogens (tertiary/aromatic N) is 1. The van der Waals surface area contributed by atoms with Gasteiger partial charge in [-0.3, -0.25) is 4.98 Å². The Labute approximate surface area is 96.3 Å². The molecule has 0 bridgehead atoms. The summed E-state index contributed by atoms with van der Waals surface area (Å²) in [5.41, 5.74) is -0.115. The van der Waals surface area contributed by atoms with Crippen LogP contribution in [-0.2, 0) is 0 Å². The van der Waals surface area contributed by atoms with Gasteiger partial charge in [0.2, 0.25) is 0 Å². The normalized spacial score (nSPS) is 9.94. The number of carbonyl (C=O) groups is 1. The first-order valence-corrected chi connectivity index (χ1v) is 4.78. The second-order valence-electron chi connectivity index (χ2n) is 3.21. The van der Waals surface area contributed by atoms with E-state index < -0.39 is 11.8 Å². The fraction of sp³-hybridized carbons (Fsp3) is 0. The fourth-order valence-electron chi connectivity index (χ4n) is 1.28. The Bertz CT molecular complexity index is 557. The largest absolute Gasteiger partial charge is 0.477 e. The molecule has 0 atom stereocenters. The first-order chi connectivity index (χ1) is 8.18. The van der Waals surface area contributed by atoms with Gasteiger partial charge in [0.15, 0.2) is 11.6 Å². The van der Waals surface area contributed by atoms with Gasteiger partial charge in [-0.05, 0) is 12.1 Å². The molecule has 0 saturated heterocycles. The lowest BCUT2D eigenvalue weighted by atomic mass is 10.2. The topological polar surface area (TPSA) is 59.4 Å². The van der Waals surface area contributed by atoms with Crippen LogP contribution in [0.15, 0.2) is 42.7 Å². The molecule has 2 aromatic rings. The van der Waals surface area contributed by atoms with Gasteiger partial charge >= 0.3 is 5.97 Å². The van der Waals surface area contributed by atoms with Crippen molar-refractivity contribution < 1.29 is 19.0 Å². The molecule has 0 aliphatic rings. The number of hydrogen-bond donors (Lipinski definition) is 1. The molecule has 86 valence electrons. The van der Waals surface area contributed by atoms with Gasteiger partial charge in [0.05, 0.1) is 0 Å². The zero-order chi connectivity index (χ0) is 12.3. The van der Waals surface area contributed by atoms with Gasteiger partial charge in [0.1, 0.15) is 11.3 Å². The number of para-hydroxylation sites is 1. The molecule has 2 rings (SSSR count). The Balaban J connectivity index is 2.37. The number of aromatic nitrogens is 1. The molecular formula is C12H8FNO3. The van der Waals surface area contributed by atoms with Gasteiger partial charge in [0.25, 0.3) is 0 Å². The van der Waals surface area contributed by atoms with Gasteiger partial charge in [-0.25, -0.2) is 9.18 Å². The molecular weight excluding hydrogens is 225 g/mol. The molecule has 0 aliphatic carbocycles. The van der Waals surface area contributed by atoms with E-state index in [1.165, 1.54) is 30.5 Å². The van der Waals surface area contributed by atoms with Crippen LogP contribution in [-0.4, -0.2) is 16.1 Å². The molecule has 1 N–H and O–H groups in total. The van der Waals surface area contributed by atoms with Crippen LogP contribution in [0.2, 0.25) is 0 Å². The lowest BCUT2D eigenvalue weighted by Gasteiger charge is -2.08. The minimum absolute atomic E-state index is 0.0267. The predicted molar refractivity (Wildman–Crippen MR) is 57.7 cm³/mol. The van der Waals surface area contributed by atoms with Crippen molar-refractivity contribution >= 4 is 5.97 Å². The molecule has 1 aromatic heterocycles. The van der Waals surface area contributed by atoms with E-state index >= 15 is 0 Å². The zero-order valence-corrected chi connectivity index (χ0v) is 8.63. The van der Waals surface area contributed by atoms with E-state index in [0.29, 0.717) is 0 Å². The van der Waals surface area contributed by atoms with Crippen LogP contribution in [0.4, 0.5) is 4.39 Å². The molecule has 1 heterocycles. The van der Waals surface area contributed by atoms with Gasteiger partial charge < -0.3 is 9.84 Å². The molecule has 0 radical (unpaired) electrons. The minimum atomic E-state index is -1.18. The molecule has 4 nitrogen and oxygen atoms in total. The summed E-state index contributed by atoms with van der Waals surface area (Å²) in [7, 11) is 0. The van der Waals surface area contributed by atoms with Crippen molar-refractivity contribution in [3.8, 4) is 11.5 Å². The zero-order valence-electron chi connectivity index (χ0n) is 8.63. The summed E-state index contributed by atoms with van der Waals surface area (Å²) in [5, 5.41) is 8.90. The average molecular weight is 233 g/mol. The Hall–Kier alpha value is -2.43. The Morgan fingerprint density at radius 1 is 1.24 bits per heavy atom. The number of halogens is 1. The lowest BCUT2D eigenvalue weighted by molar-refractivity contribution is 0.0693. The van der Waals surface area contributed by atoms with Crippen LogP contribution in [0.25, 0.3) is 0 Å². The fourth-order valence-corrected chi connectivity index (χ4v) is 1.28. The van der Waals surface area contributed by atoms with E-state index in [-0.39, 0.29) is 17.1 Å². The van der Waals surface area contributed by atoms with Crippen molar-refractivity contribution in [2.24, 2.45) is 0 Å². The Kier molecular flexibility index (Phi) is 3.00. The number of aromatic carboxylic acids is 1. The lowest BCUT2D eigenvalue weighted by Crippen LogP contribution is -2.01. The maximum atomic E-state index is 13.3. The van der Waals surface area contributed by atoms with E-state index in [1.807, 2.05) is 0 Å². The van der Waals surface area contributed by atoms with Crippen molar-refractivity contribution in [2.75, 3.05) is 0 Å². The standard InChI is InChI=1S/C12H8FNO3/c13-9-3-1-2-4-11(9)17-10-5-6-14-7-8(10)12(15)16/h1-7H,(H,15,16). The van der Waals surface area contributed by atoms with Gasteiger partial charge in [0, 0.05) is 18.5 Å². The highest BCUT2D eigenvalue weighted by atomic mass is 19.1. The summed E-state index contributed by atoms with van der Waals surface area (Å²) >= 11 is 0. The molecule has 5 heteroatoms. The highest BCUT2D eigenvalue weighted by Crippen LogP contribution is 2.26. The highest BCUT2D eigenvalue weighted by Gasteiger charge is 2.13. The van der Waals surface area contributed by atoms with Crippen LogP contribution in [0, 0.1) is 5.82 Å². The van der Waals surface area contributed by atoms with Crippen molar-refractivity contribution in [3.63, 3.8) is 0 Å². The Morgan fingerprint density at radius 3 is 2.71 bits per heavy atom. The third kappa shape index (κ3) is 2.39. The molecule has 0 aliphatic heterocycles. The SMILES string of the molecule is O=C(O)c1cnccc1Oc1ccccc1F. The van der Waals surface area contributed by atoms with E-state index in [4.69, 9.17) is 9.84 Å². The van der Waals surface area contributed by atoms with Crippen molar-refractivity contribution in [1.29, 1.82) is 0 Å². The second-order valence-corrected chi connectivity index (χ2v) is 3.21. The van der Waals surface area contributed by atoms with Crippen LogP contribution in [0.5, 0.6) is 11.5 Å². The molecule has 17 heavy (non-hydrogen) atoms. The number of ether oxygens (including phenoxy) is 1. The summed E-state index contributed by atoms with van der Waals surface area (Å²) in [4.78, 5) is 14.6. The number of pyridine rings is 1. The summed E-state index contributed by atoms with van der Waals surface area (Å²) in [6.45, 7) is 0. The third-order valence-corrected chi connectivity index (χ3v) is 2.07. The molecule has 0 fully saturated rings. The van der Waals surface area contributed by atoms with E-state index in [1.54, 1.807) is 6.07 Å². The number of carboxylic acid groups (broad SMARTS) is 1. The first kappa shape index (κ1) is 11.1. The number of rotatable bonds is 3. The molecule has 0 amide bonds. The predicted octanol–water partition coefficient (Wildman–Crippen LogP) is 2.71. The van der Waals surface area contributed by atoms with Crippen molar-refractivity contribution in [3.05, 3.63) is 54.1 Å². The van der Waals surface area contributed by atoms with Crippen LogP contribution >= 0.6 is 0 Å². The minimum Gasteiger partial charge on any atom is -0.477 e. The van der Waals surface area contributed by atoms with E-state index in [0.717, 1.165) is 6.20 Å². The monoisotopic (exact) mass is 233 g/mol. The second kappa shape index (κ2) is 4.61. The van der Waals surface area contributed by atoms with Crippen LogP contribution in [0.1, 0.15) is 10.4 Å². The van der Waals surface area contributed by atoms with Crippen LogP contribution in [0.3, 0.4) is 0 Å². The quantitative estimate of drug-likeness (QED) is 0.885. The molecule has 0 unspecified atom stereocenters. The highest BCUT2D eigenvalue weighted by molar-refractivity contribution is 5.90. The van der Waals surface area contributed by atoms with Crippen molar-refractivity contribution in [2.45, 2.75) is 0 Å². The first-order valence-electron chi connectivity index (χ1n) is 4.78. The smallest absolute Gasteiger partial charge is 0.341 e. The number of carboxylic acids is 1. The summed E-state index contributed by atoms with van der Waals surface area (Å²) in [6, 6.07) is 7.14. The van der Waals surface area contributed by atoms with Gasteiger partial charge in [-0.15, -0.1) is 0 Å². The molecule has 0 spiro atoms. The van der Waals surface area contributed by atoms with Gasteiger partial charge in [-0.2, -0.15) is 0 Å². The number of hydrogen-bond acceptors (Lipinski definition) is 3. The summed E-state index contributed by atoms with van der Waals surface area (Å²) in [5.74, 6) is -1.70. The maximum Gasteiger partial charge on any atom is 0.341 e. The summed E-state index contributed by atoms with van der Waals surface area (Å²) < 4.78 is 18.5. The molecule has 0 saturated carbocycles. The van der Waals surface area contributed by atoms with E-state index in [2.05, 4.69) is 4.98 Å². The van der Waals surface area contributed by atoms with Gasteiger partial charge in [-0.1, -0.05) is 12.1 Å². The maximum absolute atomic E-state index is 13.3. The average Bonchev–Trinajstić information content (AvgIpc) is 2.32. The summed E-state index contributed by atoms with van der Waals surface area (Å²) in [6.07, 6.45) is 2.53. The van der Waals surface area contributed by atoms with Crippen molar-refractivity contribution in [1.82, 2.24) is 4.98 Å². The number of benzene rings is 1.